The fourth-order valence-corrected chi connectivity index (χ4v) is 5.01. The smallest absolute Gasteiger partial charge is 0.261 e. The third kappa shape index (κ3) is 7.67. The zero-order chi connectivity index (χ0) is 24.5. The van der Waals surface area contributed by atoms with Gasteiger partial charge in [0.1, 0.15) is 5.75 Å². The van der Waals surface area contributed by atoms with E-state index in [1.165, 1.54) is 4.88 Å². The van der Waals surface area contributed by atoms with Crippen LogP contribution in [-0.4, -0.2) is 54.0 Å². The normalized spacial score (nSPS) is 15.1. The highest BCUT2D eigenvalue weighted by molar-refractivity contribution is 7.11. The number of para-hydroxylation sites is 1. The predicted octanol–water partition coefficient (Wildman–Crippen LogP) is 4.67. The van der Waals surface area contributed by atoms with Crippen molar-refractivity contribution in [2.24, 2.45) is 0 Å². The van der Waals surface area contributed by atoms with Crippen molar-refractivity contribution in [2.45, 2.75) is 39.0 Å². The SMILES string of the molecule is Cc1ccc(CN(Cc2ccccc2)C(=O)CN(CC2CCCO2)C(=O)COc2ccccc2)s1. The number of benzene rings is 2. The molecule has 2 aromatic carbocycles. The highest BCUT2D eigenvalue weighted by atomic mass is 32.1. The number of hydrogen-bond acceptors (Lipinski definition) is 5. The molecule has 0 saturated carbocycles. The minimum Gasteiger partial charge on any atom is -0.484 e. The zero-order valence-corrected chi connectivity index (χ0v) is 20.9. The third-order valence-electron chi connectivity index (χ3n) is 5.94. The molecule has 1 saturated heterocycles. The molecule has 2 heterocycles. The van der Waals surface area contributed by atoms with Gasteiger partial charge in [0.05, 0.1) is 19.2 Å². The summed E-state index contributed by atoms with van der Waals surface area (Å²) in [6, 6.07) is 23.3. The van der Waals surface area contributed by atoms with E-state index in [1.807, 2.05) is 65.6 Å². The van der Waals surface area contributed by atoms with Gasteiger partial charge in [0, 0.05) is 29.5 Å². The summed E-state index contributed by atoms with van der Waals surface area (Å²) in [7, 11) is 0. The van der Waals surface area contributed by atoms with E-state index < -0.39 is 0 Å². The van der Waals surface area contributed by atoms with Crippen LogP contribution in [-0.2, 0) is 27.4 Å². The number of nitrogens with zero attached hydrogens (tertiary/aromatic N) is 2. The van der Waals surface area contributed by atoms with Gasteiger partial charge in [-0.2, -0.15) is 0 Å². The van der Waals surface area contributed by atoms with E-state index in [2.05, 4.69) is 19.1 Å². The van der Waals surface area contributed by atoms with E-state index in [0.29, 0.717) is 32.0 Å². The Morgan fingerprint density at radius 3 is 2.34 bits per heavy atom. The van der Waals surface area contributed by atoms with Crippen LogP contribution in [0.2, 0.25) is 0 Å². The Hall–Kier alpha value is -3.16. The lowest BCUT2D eigenvalue weighted by molar-refractivity contribution is -0.143. The van der Waals surface area contributed by atoms with Crippen LogP contribution in [0.3, 0.4) is 0 Å². The topological polar surface area (TPSA) is 59.1 Å². The van der Waals surface area contributed by atoms with Gasteiger partial charge in [-0.05, 0) is 49.6 Å². The van der Waals surface area contributed by atoms with E-state index in [0.717, 1.165) is 23.3 Å². The molecule has 0 bridgehead atoms. The minimum absolute atomic E-state index is 0.00592. The van der Waals surface area contributed by atoms with E-state index >= 15 is 0 Å². The lowest BCUT2D eigenvalue weighted by atomic mass is 10.2. The molecule has 35 heavy (non-hydrogen) atoms. The van der Waals surface area contributed by atoms with Crippen LogP contribution in [0.4, 0.5) is 0 Å². The van der Waals surface area contributed by atoms with E-state index in [4.69, 9.17) is 9.47 Å². The number of rotatable bonds is 11. The Kier molecular flexibility index (Phi) is 8.92. The Morgan fingerprint density at radius 2 is 1.69 bits per heavy atom. The average Bonchev–Trinajstić information content (AvgIpc) is 3.54. The van der Waals surface area contributed by atoms with Gasteiger partial charge in [0.2, 0.25) is 5.91 Å². The molecule has 4 rings (SSSR count). The standard InChI is InChI=1S/C28H32N2O4S/c1-22-14-15-26(35-22)19-29(17-23-9-4-2-5-10-23)27(31)20-30(18-25-13-8-16-33-25)28(32)21-34-24-11-6-3-7-12-24/h2-7,9-12,14-15,25H,8,13,16-21H2,1H3. The average molecular weight is 493 g/mol. The second-order valence-electron chi connectivity index (χ2n) is 8.76. The molecule has 6 nitrogen and oxygen atoms in total. The molecule has 1 aliphatic heterocycles. The Morgan fingerprint density at radius 1 is 0.943 bits per heavy atom. The summed E-state index contributed by atoms with van der Waals surface area (Å²) in [6.07, 6.45) is 1.81. The molecular formula is C28H32N2O4S. The monoisotopic (exact) mass is 492 g/mol. The molecule has 1 atom stereocenters. The molecule has 184 valence electrons. The van der Waals surface area contributed by atoms with Gasteiger partial charge in [-0.25, -0.2) is 0 Å². The van der Waals surface area contributed by atoms with Crippen molar-refractivity contribution in [3.8, 4) is 5.75 Å². The van der Waals surface area contributed by atoms with Crippen molar-refractivity contribution >= 4 is 23.2 Å². The molecule has 0 N–H and O–H groups in total. The predicted molar refractivity (Wildman–Crippen MR) is 137 cm³/mol. The largest absolute Gasteiger partial charge is 0.484 e. The van der Waals surface area contributed by atoms with Crippen molar-refractivity contribution in [2.75, 3.05) is 26.3 Å². The minimum atomic E-state index is -0.218. The van der Waals surface area contributed by atoms with Gasteiger partial charge in [-0.3, -0.25) is 9.59 Å². The molecule has 0 spiro atoms. The summed E-state index contributed by atoms with van der Waals surface area (Å²) in [5, 5.41) is 0. The lowest BCUT2D eigenvalue weighted by Crippen LogP contribution is -2.46. The maximum Gasteiger partial charge on any atom is 0.261 e. The number of hydrogen-bond donors (Lipinski definition) is 0. The maximum atomic E-state index is 13.6. The second kappa shape index (κ2) is 12.5. The van der Waals surface area contributed by atoms with Gasteiger partial charge >= 0.3 is 0 Å². The molecule has 0 radical (unpaired) electrons. The molecule has 2 amide bonds. The molecule has 1 aliphatic rings. The molecule has 3 aromatic rings. The molecule has 1 aromatic heterocycles. The number of carbonyl (C=O) groups is 2. The summed E-state index contributed by atoms with van der Waals surface area (Å²) in [6.45, 7) is 4.01. The third-order valence-corrected chi connectivity index (χ3v) is 6.93. The fraction of sp³-hybridized carbons (Fsp3) is 0.357. The first kappa shape index (κ1) is 24.9. The van der Waals surface area contributed by atoms with Crippen LogP contribution in [0.15, 0.2) is 72.8 Å². The number of amides is 2. The Balaban J connectivity index is 1.47. The Labute approximate surface area is 211 Å². The number of ether oxygens (including phenoxy) is 2. The highest BCUT2D eigenvalue weighted by Crippen LogP contribution is 2.20. The van der Waals surface area contributed by atoms with Crippen molar-refractivity contribution in [3.05, 3.63) is 88.1 Å². The zero-order valence-electron chi connectivity index (χ0n) is 20.1. The summed E-state index contributed by atoms with van der Waals surface area (Å²) in [5.41, 5.74) is 1.05. The molecule has 1 unspecified atom stereocenters. The van der Waals surface area contributed by atoms with Crippen molar-refractivity contribution < 1.29 is 19.1 Å². The molecule has 0 aliphatic carbocycles. The summed E-state index contributed by atoms with van der Waals surface area (Å²) in [5.74, 6) is 0.318. The lowest BCUT2D eigenvalue weighted by Gasteiger charge is -2.29. The fourth-order valence-electron chi connectivity index (χ4n) is 4.10. The quantitative estimate of drug-likeness (QED) is 0.390. The Bertz CT molecular complexity index is 1080. The van der Waals surface area contributed by atoms with Gasteiger partial charge < -0.3 is 19.3 Å². The van der Waals surface area contributed by atoms with Crippen LogP contribution in [0.1, 0.15) is 28.2 Å². The number of aryl methyl sites for hydroxylation is 1. The summed E-state index contributed by atoms with van der Waals surface area (Å²) < 4.78 is 11.5. The van der Waals surface area contributed by atoms with Gasteiger partial charge in [-0.1, -0.05) is 48.5 Å². The molecule has 1 fully saturated rings. The first-order chi connectivity index (χ1) is 17.1. The van der Waals surface area contributed by atoms with Crippen LogP contribution in [0, 0.1) is 6.92 Å². The van der Waals surface area contributed by atoms with Gasteiger partial charge in [0.25, 0.3) is 5.91 Å². The maximum absolute atomic E-state index is 13.6. The summed E-state index contributed by atoms with van der Waals surface area (Å²) >= 11 is 1.69. The van der Waals surface area contributed by atoms with Crippen LogP contribution >= 0.6 is 11.3 Å². The molecule has 7 heteroatoms. The first-order valence-corrected chi connectivity index (χ1v) is 12.8. The van der Waals surface area contributed by atoms with Crippen LogP contribution in [0.25, 0.3) is 0 Å². The van der Waals surface area contributed by atoms with Crippen LogP contribution < -0.4 is 4.74 Å². The first-order valence-electron chi connectivity index (χ1n) is 12.0. The second-order valence-corrected chi connectivity index (χ2v) is 10.1. The van der Waals surface area contributed by atoms with Crippen molar-refractivity contribution in [1.29, 1.82) is 0 Å². The molecular weight excluding hydrogens is 460 g/mol. The highest BCUT2D eigenvalue weighted by Gasteiger charge is 2.27. The van der Waals surface area contributed by atoms with E-state index in [9.17, 15) is 9.59 Å². The summed E-state index contributed by atoms with van der Waals surface area (Å²) in [4.78, 5) is 32.5. The van der Waals surface area contributed by atoms with Gasteiger partial charge in [0.15, 0.2) is 6.61 Å². The number of thiophene rings is 1. The number of carbonyl (C=O) groups excluding carboxylic acids is 2. The van der Waals surface area contributed by atoms with Crippen LogP contribution in [0.5, 0.6) is 5.75 Å². The van der Waals surface area contributed by atoms with Crippen molar-refractivity contribution in [1.82, 2.24) is 9.80 Å². The van der Waals surface area contributed by atoms with Crippen molar-refractivity contribution in [3.63, 3.8) is 0 Å². The van der Waals surface area contributed by atoms with E-state index in [1.54, 1.807) is 16.2 Å². The van der Waals surface area contributed by atoms with E-state index in [-0.39, 0.29) is 31.1 Å². The van der Waals surface area contributed by atoms with Gasteiger partial charge in [-0.15, -0.1) is 11.3 Å².